The molecule has 1 fully saturated rings. The summed E-state index contributed by atoms with van der Waals surface area (Å²) >= 11 is 0. The highest BCUT2D eigenvalue weighted by atomic mass is 19.4. The molecule has 0 amide bonds. The van der Waals surface area contributed by atoms with E-state index in [-0.39, 0.29) is 0 Å². The van der Waals surface area contributed by atoms with Crippen LogP contribution >= 0.6 is 0 Å². The van der Waals surface area contributed by atoms with Gasteiger partial charge in [0.2, 0.25) is 0 Å². The van der Waals surface area contributed by atoms with E-state index in [2.05, 4.69) is 15.2 Å². The van der Waals surface area contributed by atoms with Gasteiger partial charge in [0, 0.05) is 50.1 Å². The maximum absolute atomic E-state index is 12.9. The molecule has 0 bridgehead atoms. The molecule has 7 heteroatoms. The number of aromatic nitrogens is 1. The van der Waals surface area contributed by atoms with Crippen LogP contribution in [0, 0.1) is 0 Å². The number of fused-ring (bicyclic) bond motifs is 1. The topological polar surface area (TPSA) is 37.4 Å². The molecule has 1 aliphatic heterocycles. The summed E-state index contributed by atoms with van der Waals surface area (Å²) in [6.45, 7) is 3.64. The number of nitrogens with one attached hydrogen (secondary N) is 1. The van der Waals surface area contributed by atoms with Crippen LogP contribution in [0.4, 0.5) is 18.9 Å². The highest BCUT2D eigenvalue weighted by Crippen LogP contribution is 2.33. The van der Waals surface area contributed by atoms with E-state index in [0.29, 0.717) is 11.6 Å². The third-order valence-electron chi connectivity index (χ3n) is 4.63. The van der Waals surface area contributed by atoms with Gasteiger partial charge in [0.15, 0.2) is 0 Å². The van der Waals surface area contributed by atoms with Crippen molar-refractivity contribution in [3.05, 3.63) is 36.0 Å². The quantitative estimate of drug-likeness (QED) is 0.888. The molecule has 3 rings (SSSR count). The van der Waals surface area contributed by atoms with Gasteiger partial charge in [-0.05, 0) is 31.0 Å². The van der Waals surface area contributed by atoms with Gasteiger partial charge in [0.05, 0.1) is 17.7 Å². The van der Waals surface area contributed by atoms with Gasteiger partial charge in [-0.2, -0.15) is 13.2 Å². The van der Waals surface area contributed by atoms with E-state index >= 15 is 0 Å². The van der Waals surface area contributed by atoms with Crippen molar-refractivity contribution >= 4 is 16.6 Å². The number of nitrogens with zero attached hydrogens (tertiary/aromatic N) is 2. The lowest BCUT2D eigenvalue weighted by molar-refractivity contribution is -0.137. The van der Waals surface area contributed by atoms with Crippen LogP contribution in [0.15, 0.2) is 30.5 Å². The average Bonchev–Trinajstić information content (AvgIpc) is 2.60. The number of likely N-dealkylation sites (tertiary alicyclic amines) is 1. The fourth-order valence-electron chi connectivity index (χ4n) is 3.19. The molecule has 2 heterocycles. The Morgan fingerprint density at radius 3 is 2.68 bits per heavy atom. The summed E-state index contributed by atoms with van der Waals surface area (Å²) in [7, 11) is 1.70. The second kappa shape index (κ2) is 7.58. The first-order valence-electron chi connectivity index (χ1n) is 8.41. The molecular weight excluding hydrogens is 331 g/mol. The Morgan fingerprint density at radius 1 is 1.24 bits per heavy atom. The maximum atomic E-state index is 12.9. The summed E-state index contributed by atoms with van der Waals surface area (Å²) in [5.74, 6) is 0. The minimum Gasteiger partial charge on any atom is -0.383 e. The zero-order valence-corrected chi connectivity index (χ0v) is 14.1. The smallest absolute Gasteiger partial charge is 0.383 e. The van der Waals surface area contributed by atoms with E-state index in [0.717, 1.165) is 62.3 Å². The summed E-state index contributed by atoms with van der Waals surface area (Å²) in [5, 5.41) is 4.20. The molecule has 25 heavy (non-hydrogen) atoms. The molecule has 1 saturated heterocycles. The average molecular weight is 353 g/mol. The number of rotatable bonds is 5. The third kappa shape index (κ3) is 4.41. The summed E-state index contributed by atoms with van der Waals surface area (Å²) in [4.78, 5) is 6.46. The van der Waals surface area contributed by atoms with Gasteiger partial charge in [-0.1, -0.05) is 6.07 Å². The second-order valence-electron chi connectivity index (χ2n) is 6.34. The van der Waals surface area contributed by atoms with Crippen LogP contribution in [0.1, 0.15) is 18.4 Å². The fourth-order valence-corrected chi connectivity index (χ4v) is 3.19. The van der Waals surface area contributed by atoms with Crippen molar-refractivity contribution in [3.63, 3.8) is 0 Å². The number of ether oxygens (including phenoxy) is 1. The molecule has 0 radical (unpaired) electrons. The number of halogens is 3. The van der Waals surface area contributed by atoms with Crippen molar-refractivity contribution < 1.29 is 17.9 Å². The Labute approximate surface area is 145 Å². The van der Waals surface area contributed by atoms with E-state index in [1.165, 1.54) is 6.07 Å². The summed E-state index contributed by atoms with van der Waals surface area (Å²) in [5.41, 5.74) is 0.530. The van der Waals surface area contributed by atoms with Gasteiger partial charge in [0.1, 0.15) is 0 Å². The predicted molar refractivity (Wildman–Crippen MR) is 91.7 cm³/mol. The Kier molecular flexibility index (Phi) is 5.44. The first-order valence-corrected chi connectivity index (χ1v) is 8.41. The van der Waals surface area contributed by atoms with E-state index in [4.69, 9.17) is 4.74 Å². The van der Waals surface area contributed by atoms with E-state index in [9.17, 15) is 13.2 Å². The number of benzene rings is 1. The van der Waals surface area contributed by atoms with Crippen molar-refractivity contribution in [1.82, 2.24) is 9.88 Å². The largest absolute Gasteiger partial charge is 0.416 e. The van der Waals surface area contributed by atoms with Crippen LogP contribution in [0.25, 0.3) is 10.9 Å². The lowest BCUT2D eigenvalue weighted by Crippen LogP contribution is -2.40. The van der Waals surface area contributed by atoms with Crippen LogP contribution in [0.3, 0.4) is 0 Å². The minimum atomic E-state index is -4.35. The van der Waals surface area contributed by atoms with Crippen molar-refractivity contribution in [2.75, 3.05) is 38.7 Å². The number of pyridine rings is 1. The molecule has 0 saturated carbocycles. The molecule has 136 valence electrons. The molecule has 1 aromatic carbocycles. The maximum Gasteiger partial charge on any atom is 0.416 e. The van der Waals surface area contributed by atoms with Crippen LogP contribution in [-0.4, -0.2) is 49.3 Å². The molecule has 4 nitrogen and oxygen atoms in total. The SMILES string of the molecule is COCCN1CCC(Nc2ccnc3cc(C(F)(F)F)ccc23)CC1. The summed E-state index contributed by atoms with van der Waals surface area (Å²) in [6, 6.07) is 5.86. The van der Waals surface area contributed by atoms with Crippen molar-refractivity contribution in [3.8, 4) is 0 Å². The first kappa shape index (κ1) is 17.9. The van der Waals surface area contributed by atoms with Crippen molar-refractivity contribution in [1.29, 1.82) is 0 Å². The van der Waals surface area contributed by atoms with Crippen LogP contribution < -0.4 is 5.32 Å². The van der Waals surface area contributed by atoms with Crippen molar-refractivity contribution in [2.24, 2.45) is 0 Å². The van der Waals surface area contributed by atoms with Crippen LogP contribution in [-0.2, 0) is 10.9 Å². The molecule has 1 N–H and O–H groups in total. The molecule has 0 spiro atoms. The van der Waals surface area contributed by atoms with Crippen molar-refractivity contribution in [2.45, 2.75) is 25.1 Å². The Balaban J connectivity index is 1.70. The Morgan fingerprint density at radius 2 is 2.00 bits per heavy atom. The monoisotopic (exact) mass is 353 g/mol. The van der Waals surface area contributed by atoms with Crippen LogP contribution in [0.2, 0.25) is 0 Å². The highest BCUT2D eigenvalue weighted by molar-refractivity contribution is 5.91. The van der Waals surface area contributed by atoms with Gasteiger partial charge in [-0.25, -0.2) is 0 Å². The lowest BCUT2D eigenvalue weighted by atomic mass is 10.0. The molecule has 0 aliphatic carbocycles. The van der Waals surface area contributed by atoms with Gasteiger partial charge in [-0.15, -0.1) is 0 Å². The van der Waals surface area contributed by atoms with Gasteiger partial charge >= 0.3 is 6.18 Å². The molecule has 0 atom stereocenters. The Hall–Kier alpha value is -1.86. The fraction of sp³-hybridized carbons (Fsp3) is 0.500. The normalized spacial score (nSPS) is 17.1. The molecule has 1 aromatic heterocycles. The first-order chi connectivity index (χ1) is 12.0. The molecule has 2 aromatic rings. The number of alkyl halides is 3. The molecular formula is C18H22F3N3O. The summed E-state index contributed by atoms with van der Waals surface area (Å²) in [6.07, 6.45) is -0.810. The van der Waals surface area contributed by atoms with E-state index in [1.807, 2.05) is 6.07 Å². The highest BCUT2D eigenvalue weighted by Gasteiger charge is 2.30. The number of anilines is 1. The molecule has 1 aliphatic rings. The van der Waals surface area contributed by atoms with Gasteiger partial charge < -0.3 is 15.0 Å². The van der Waals surface area contributed by atoms with E-state index < -0.39 is 11.7 Å². The van der Waals surface area contributed by atoms with Gasteiger partial charge in [0.25, 0.3) is 0 Å². The minimum absolute atomic E-state index is 0.312. The Bertz CT molecular complexity index is 712. The van der Waals surface area contributed by atoms with E-state index in [1.54, 1.807) is 13.3 Å². The number of hydrogen-bond donors (Lipinski definition) is 1. The standard InChI is InChI=1S/C18H22F3N3O/c1-25-11-10-24-8-5-14(6-9-24)23-16-4-7-22-17-12-13(18(19,20)21)2-3-15(16)17/h2-4,7,12,14H,5-6,8-11H2,1H3,(H,22,23). The third-order valence-corrected chi connectivity index (χ3v) is 4.63. The zero-order chi connectivity index (χ0) is 17.9. The lowest BCUT2D eigenvalue weighted by Gasteiger charge is -2.32. The summed E-state index contributed by atoms with van der Waals surface area (Å²) < 4.78 is 43.7. The van der Waals surface area contributed by atoms with Crippen LogP contribution in [0.5, 0.6) is 0 Å². The molecule has 0 unspecified atom stereocenters. The number of methoxy groups -OCH3 is 1. The predicted octanol–water partition coefficient (Wildman–Crippen LogP) is 3.78. The van der Waals surface area contributed by atoms with Gasteiger partial charge in [-0.3, -0.25) is 4.98 Å². The second-order valence-corrected chi connectivity index (χ2v) is 6.34. The number of hydrogen-bond acceptors (Lipinski definition) is 4. The number of piperidine rings is 1. The zero-order valence-electron chi connectivity index (χ0n) is 14.1.